The molecule has 0 saturated carbocycles. The molecule has 7 heteroatoms. The number of amides is 1. The number of benzene rings is 2. The zero-order chi connectivity index (χ0) is 20.4. The van der Waals surface area contributed by atoms with E-state index in [4.69, 9.17) is 9.57 Å². The second-order valence-electron chi connectivity index (χ2n) is 6.64. The summed E-state index contributed by atoms with van der Waals surface area (Å²) in [5, 5.41) is 12.3. The molecule has 4 rings (SSSR count). The Hall–Kier alpha value is -3.64. The molecule has 146 valence electrons. The first-order valence-corrected chi connectivity index (χ1v) is 8.92. The number of para-hydroxylation sites is 1. The van der Waals surface area contributed by atoms with Crippen molar-refractivity contribution < 1.29 is 24.3 Å². The predicted octanol–water partition coefficient (Wildman–Crippen LogP) is 2.28. The van der Waals surface area contributed by atoms with Crippen LogP contribution in [0.2, 0.25) is 0 Å². The Labute approximate surface area is 166 Å². The molecule has 0 radical (unpaired) electrons. The summed E-state index contributed by atoms with van der Waals surface area (Å²) >= 11 is 0. The Morgan fingerprint density at radius 3 is 2.62 bits per heavy atom. The number of hydrogen-bond donors (Lipinski definition) is 3. The standard InChI is InChI=1S/C22H18N2O5/c1-28-24-21(26)19-18(13-25)29-22(27,12-14-7-3-2-4-8-14)20(19)17-11-15-9-5-6-10-16(15)23-17/h2-11,23,27H,12H2,1H3,(H,24,26). The van der Waals surface area contributed by atoms with Gasteiger partial charge in [-0.15, -0.1) is 0 Å². The highest BCUT2D eigenvalue weighted by molar-refractivity contribution is 6.09. The summed E-state index contributed by atoms with van der Waals surface area (Å²) in [6, 6.07) is 18.5. The minimum Gasteiger partial charge on any atom is -0.446 e. The Kier molecular flexibility index (Phi) is 4.78. The van der Waals surface area contributed by atoms with Crippen LogP contribution >= 0.6 is 0 Å². The number of carbonyl (C=O) groups is 1. The van der Waals surface area contributed by atoms with Crippen LogP contribution in [0.1, 0.15) is 11.3 Å². The Morgan fingerprint density at radius 1 is 1.21 bits per heavy atom. The van der Waals surface area contributed by atoms with Gasteiger partial charge in [0.25, 0.3) is 5.91 Å². The predicted molar refractivity (Wildman–Crippen MR) is 106 cm³/mol. The molecule has 2 aromatic carbocycles. The van der Waals surface area contributed by atoms with E-state index in [0.29, 0.717) is 5.69 Å². The number of carbonyl (C=O) groups excluding carboxylic acids is 2. The van der Waals surface area contributed by atoms with E-state index in [9.17, 15) is 14.7 Å². The molecular weight excluding hydrogens is 372 g/mol. The molecule has 2 heterocycles. The molecule has 1 aromatic heterocycles. The highest BCUT2D eigenvalue weighted by Gasteiger charge is 2.48. The van der Waals surface area contributed by atoms with Crippen molar-refractivity contribution in [2.24, 2.45) is 0 Å². The van der Waals surface area contributed by atoms with Gasteiger partial charge >= 0.3 is 0 Å². The Balaban J connectivity index is 1.93. The normalized spacial score (nSPS) is 18.6. The third kappa shape index (κ3) is 3.34. The van der Waals surface area contributed by atoms with Gasteiger partial charge in [-0.1, -0.05) is 48.5 Å². The van der Waals surface area contributed by atoms with Crippen LogP contribution < -0.4 is 5.48 Å². The monoisotopic (exact) mass is 390 g/mol. The van der Waals surface area contributed by atoms with Gasteiger partial charge in [0.05, 0.1) is 12.7 Å². The number of nitrogens with one attached hydrogen (secondary N) is 2. The summed E-state index contributed by atoms with van der Waals surface area (Å²) in [6.07, 6.45) is 0.0213. The molecule has 1 atom stereocenters. The second-order valence-corrected chi connectivity index (χ2v) is 6.64. The number of hydrogen-bond acceptors (Lipinski definition) is 5. The average molecular weight is 390 g/mol. The molecule has 1 aliphatic heterocycles. The van der Waals surface area contributed by atoms with E-state index in [0.717, 1.165) is 16.5 Å². The van der Waals surface area contributed by atoms with E-state index >= 15 is 0 Å². The van der Waals surface area contributed by atoms with E-state index in [-0.39, 0.29) is 23.3 Å². The molecule has 0 fully saturated rings. The lowest BCUT2D eigenvalue weighted by Gasteiger charge is -2.25. The number of H-pyrrole nitrogens is 1. The lowest BCUT2D eigenvalue weighted by Crippen LogP contribution is -2.33. The topological polar surface area (TPSA) is 101 Å². The summed E-state index contributed by atoms with van der Waals surface area (Å²) < 4.78 is 5.58. The van der Waals surface area contributed by atoms with Crippen LogP contribution in [0, 0.1) is 0 Å². The van der Waals surface area contributed by atoms with Crippen molar-refractivity contribution in [3.63, 3.8) is 0 Å². The van der Waals surface area contributed by atoms with Gasteiger partial charge in [-0.25, -0.2) is 10.3 Å². The van der Waals surface area contributed by atoms with E-state index in [2.05, 4.69) is 10.5 Å². The third-order valence-electron chi connectivity index (χ3n) is 4.74. The molecule has 0 spiro atoms. The zero-order valence-corrected chi connectivity index (χ0v) is 15.6. The highest BCUT2D eigenvalue weighted by atomic mass is 16.6. The number of aromatic amines is 1. The van der Waals surface area contributed by atoms with Crippen LogP contribution in [0.4, 0.5) is 0 Å². The molecule has 3 aromatic rings. The van der Waals surface area contributed by atoms with Crippen LogP contribution in [0.15, 0.2) is 72.0 Å². The number of rotatable bonds is 5. The third-order valence-corrected chi connectivity index (χ3v) is 4.74. The SMILES string of the molecule is CONC(=O)C1=C(c2cc3ccccc3[nH]2)C(O)(Cc2ccccc2)OC1=C=O. The van der Waals surface area contributed by atoms with E-state index in [1.807, 2.05) is 54.6 Å². The molecule has 0 saturated heterocycles. The molecule has 3 N–H and O–H groups in total. The van der Waals surface area contributed by atoms with Gasteiger partial charge < -0.3 is 14.8 Å². The van der Waals surface area contributed by atoms with Gasteiger partial charge in [-0.3, -0.25) is 9.63 Å². The van der Waals surface area contributed by atoms with Gasteiger partial charge in [0, 0.05) is 17.6 Å². The van der Waals surface area contributed by atoms with Crippen molar-refractivity contribution in [1.82, 2.24) is 10.5 Å². The number of aliphatic hydroxyl groups is 1. The number of hydroxylamine groups is 1. The maximum absolute atomic E-state index is 12.7. The maximum atomic E-state index is 12.7. The maximum Gasteiger partial charge on any atom is 0.280 e. The molecule has 1 amide bonds. The van der Waals surface area contributed by atoms with Gasteiger partial charge in [0.1, 0.15) is 5.57 Å². The first kappa shape index (κ1) is 18.7. The summed E-state index contributed by atoms with van der Waals surface area (Å²) in [7, 11) is 1.28. The number of ether oxygens (including phenoxy) is 1. The van der Waals surface area contributed by atoms with Crippen LogP contribution in [0.3, 0.4) is 0 Å². The van der Waals surface area contributed by atoms with Crippen molar-refractivity contribution in [3.05, 3.63) is 83.3 Å². The Bertz CT molecular complexity index is 1130. The minimum atomic E-state index is -1.95. The number of aromatic nitrogens is 1. The molecule has 7 nitrogen and oxygen atoms in total. The van der Waals surface area contributed by atoms with E-state index < -0.39 is 11.7 Å². The zero-order valence-electron chi connectivity index (χ0n) is 15.6. The quantitative estimate of drug-likeness (QED) is 0.458. The van der Waals surface area contributed by atoms with Crippen molar-refractivity contribution in [1.29, 1.82) is 0 Å². The van der Waals surface area contributed by atoms with Crippen molar-refractivity contribution in [2.45, 2.75) is 12.2 Å². The van der Waals surface area contributed by atoms with Gasteiger partial charge in [0.2, 0.25) is 11.5 Å². The lowest BCUT2D eigenvalue weighted by molar-refractivity contribution is -0.127. The first-order chi connectivity index (χ1) is 14.1. The smallest absolute Gasteiger partial charge is 0.280 e. The average Bonchev–Trinajstić information content (AvgIpc) is 3.26. The summed E-state index contributed by atoms with van der Waals surface area (Å²) in [6.45, 7) is 0. The van der Waals surface area contributed by atoms with Crippen molar-refractivity contribution in [2.75, 3.05) is 7.11 Å². The minimum absolute atomic E-state index is 0.0213. The van der Waals surface area contributed by atoms with Crippen LogP contribution in [0.25, 0.3) is 16.5 Å². The Morgan fingerprint density at radius 2 is 1.93 bits per heavy atom. The fourth-order valence-corrected chi connectivity index (χ4v) is 3.56. The molecule has 0 bridgehead atoms. The highest BCUT2D eigenvalue weighted by Crippen LogP contribution is 2.44. The van der Waals surface area contributed by atoms with Crippen LogP contribution in [0.5, 0.6) is 0 Å². The first-order valence-electron chi connectivity index (χ1n) is 8.92. The molecular formula is C22H18N2O5. The summed E-state index contributed by atoms with van der Waals surface area (Å²) in [5.41, 5.74) is 4.23. The summed E-state index contributed by atoms with van der Waals surface area (Å²) in [5.74, 6) is -1.43. The van der Waals surface area contributed by atoms with Gasteiger partial charge in [-0.05, 0) is 23.1 Å². The molecule has 0 aliphatic carbocycles. The summed E-state index contributed by atoms with van der Waals surface area (Å²) in [4.78, 5) is 32.1. The number of fused-ring (bicyclic) bond motifs is 1. The fourth-order valence-electron chi connectivity index (χ4n) is 3.56. The lowest BCUT2D eigenvalue weighted by atomic mass is 9.93. The van der Waals surface area contributed by atoms with Crippen molar-refractivity contribution >= 4 is 28.3 Å². The second kappa shape index (κ2) is 7.41. The van der Waals surface area contributed by atoms with Gasteiger partial charge in [-0.2, -0.15) is 0 Å². The van der Waals surface area contributed by atoms with E-state index in [1.165, 1.54) is 7.11 Å². The molecule has 1 unspecified atom stereocenters. The van der Waals surface area contributed by atoms with Crippen LogP contribution in [-0.2, 0) is 25.6 Å². The fraction of sp³-hybridized carbons (Fsp3) is 0.136. The van der Waals surface area contributed by atoms with Crippen LogP contribution in [-0.4, -0.2) is 34.8 Å². The van der Waals surface area contributed by atoms with Gasteiger partial charge in [0.15, 0.2) is 5.94 Å². The molecule has 29 heavy (non-hydrogen) atoms. The molecule has 1 aliphatic rings. The van der Waals surface area contributed by atoms with E-state index in [1.54, 1.807) is 12.0 Å². The largest absolute Gasteiger partial charge is 0.446 e. The van der Waals surface area contributed by atoms with Crippen molar-refractivity contribution in [3.8, 4) is 0 Å².